The number of thiazole rings is 2. The highest BCUT2D eigenvalue weighted by molar-refractivity contribution is 8.30. The number of carbonyl (C=O) groups excluding carboxylic acids is 1. The minimum absolute atomic E-state index is 0.0895. The monoisotopic (exact) mass is 518 g/mol. The Hall–Kier alpha value is -2.27. The van der Waals surface area contributed by atoms with E-state index in [9.17, 15) is 9.59 Å². The second-order valence-electron chi connectivity index (χ2n) is 7.11. The maximum absolute atomic E-state index is 13.0. The SMILES string of the molecule is CCN1C(=O)/C(=c2/s/c(=C\C=C\c3sc4cc(OC)ccc4[n+]3CC)c(=O)n2CC)SC1=S. The normalized spacial score (nSPS) is 16.7. The number of aromatic nitrogens is 2. The van der Waals surface area contributed by atoms with Gasteiger partial charge >= 0.3 is 0 Å². The number of fused-ring (bicyclic) bond motifs is 1. The molecular weight excluding hydrogens is 495 g/mol. The van der Waals surface area contributed by atoms with Gasteiger partial charge in [0.2, 0.25) is 5.52 Å². The van der Waals surface area contributed by atoms with E-state index in [0.29, 0.717) is 31.5 Å². The van der Waals surface area contributed by atoms with Crippen molar-refractivity contribution in [3.05, 3.63) is 48.8 Å². The van der Waals surface area contributed by atoms with E-state index < -0.39 is 0 Å². The van der Waals surface area contributed by atoms with Gasteiger partial charge in [-0.1, -0.05) is 41.4 Å². The van der Waals surface area contributed by atoms with Crippen molar-refractivity contribution in [1.82, 2.24) is 9.47 Å². The summed E-state index contributed by atoms with van der Waals surface area (Å²) in [4.78, 5) is 27.9. The summed E-state index contributed by atoms with van der Waals surface area (Å²) in [6, 6.07) is 6.07. The topological polar surface area (TPSA) is 55.4 Å². The number of ether oxygens (including phenoxy) is 1. The van der Waals surface area contributed by atoms with Crippen molar-refractivity contribution in [3.63, 3.8) is 0 Å². The van der Waals surface area contributed by atoms with Gasteiger partial charge in [0.05, 0.1) is 11.6 Å². The van der Waals surface area contributed by atoms with Crippen molar-refractivity contribution in [2.75, 3.05) is 13.7 Å². The highest BCUT2D eigenvalue weighted by Crippen LogP contribution is 2.31. The maximum atomic E-state index is 13.0. The van der Waals surface area contributed by atoms with Gasteiger partial charge in [-0.25, -0.2) is 0 Å². The first-order chi connectivity index (χ1) is 15.9. The summed E-state index contributed by atoms with van der Waals surface area (Å²) < 4.78 is 12.2. The largest absolute Gasteiger partial charge is 0.497 e. The van der Waals surface area contributed by atoms with Gasteiger partial charge in [0, 0.05) is 31.3 Å². The third kappa shape index (κ3) is 4.32. The van der Waals surface area contributed by atoms with Crippen molar-refractivity contribution in [3.8, 4) is 5.75 Å². The number of hydrogen-bond acceptors (Lipinski definition) is 7. The number of hydrogen-bond donors (Lipinski definition) is 0. The lowest BCUT2D eigenvalue weighted by atomic mass is 10.3. The number of thiocarbonyl (C=S) groups is 1. The number of rotatable bonds is 6. The van der Waals surface area contributed by atoms with Gasteiger partial charge in [0.25, 0.3) is 16.5 Å². The lowest BCUT2D eigenvalue weighted by molar-refractivity contribution is -0.665. The molecule has 4 rings (SSSR count). The van der Waals surface area contributed by atoms with E-state index in [1.807, 2.05) is 44.2 Å². The number of methoxy groups -OCH3 is 1. The molecule has 1 saturated heterocycles. The Morgan fingerprint density at radius 2 is 1.94 bits per heavy atom. The van der Waals surface area contributed by atoms with Gasteiger partial charge in [-0.05, 0) is 32.9 Å². The Bertz CT molecular complexity index is 1460. The highest BCUT2D eigenvalue weighted by Gasteiger charge is 2.32. The van der Waals surface area contributed by atoms with Gasteiger partial charge in [-0.15, -0.1) is 11.3 Å². The molecule has 6 nitrogen and oxygen atoms in total. The van der Waals surface area contributed by atoms with Crippen LogP contribution >= 0.6 is 46.7 Å². The lowest BCUT2D eigenvalue weighted by Gasteiger charge is -2.09. The molecule has 0 spiro atoms. The number of amides is 1. The minimum Gasteiger partial charge on any atom is -0.497 e. The molecule has 172 valence electrons. The molecule has 1 aliphatic rings. The summed E-state index contributed by atoms with van der Waals surface area (Å²) in [5.41, 5.74) is 1.06. The molecule has 0 atom stereocenters. The van der Waals surface area contributed by atoms with Crippen LogP contribution in [0.25, 0.3) is 27.3 Å². The summed E-state index contributed by atoms with van der Waals surface area (Å²) in [6.07, 6.45) is 5.75. The molecule has 2 aromatic heterocycles. The van der Waals surface area contributed by atoms with Gasteiger partial charge in [0.15, 0.2) is 0 Å². The van der Waals surface area contributed by atoms with Crippen LogP contribution in [0.4, 0.5) is 0 Å². The number of nitrogens with zero attached hydrogens (tertiary/aromatic N) is 3. The van der Waals surface area contributed by atoms with Crippen molar-refractivity contribution in [2.45, 2.75) is 33.9 Å². The van der Waals surface area contributed by atoms with Crippen LogP contribution in [0.15, 0.2) is 29.1 Å². The first kappa shape index (κ1) is 23.9. The number of aryl methyl sites for hydroxylation is 1. The molecule has 1 amide bonds. The Morgan fingerprint density at radius 1 is 1.15 bits per heavy atom. The van der Waals surface area contributed by atoms with Crippen LogP contribution in [0.5, 0.6) is 5.75 Å². The summed E-state index contributed by atoms with van der Waals surface area (Å²) in [6.45, 7) is 7.77. The summed E-state index contributed by atoms with van der Waals surface area (Å²) in [5, 5.41) is 1.09. The van der Waals surface area contributed by atoms with E-state index in [4.69, 9.17) is 17.0 Å². The first-order valence-corrected chi connectivity index (χ1v) is 13.5. The van der Waals surface area contributed by atoms with E-state index in [2.05, 4.69) is 17.6 Å². The van der Waals surface area contributed by atoms with Crippen molar-refractivity contribution >= 4 is 84.2 Å². The fourth-order valence-electron chi connectivity index (χ4n) is 3.67. The molecule has 0 bridgehead atoms. The van der Waals surface area contributed by atoms with Crippen LogP contribution in [0.1, 0.15) is 25.8 Å². The van der Waals surface area contributed by atoms with Crippen molar-refractivity contribution < 1.29 is 14.1 Å². The summed E-state index contributed by atoms with van der Waals surface area (Å²) in [5.74, 6) is 0.709. The second kappa shape index (κ2) is 9.92. The molecule has 3 heterocycles. The fourth-order valence-corrected chi connectivity index (χ4v) is 7.50. The third-order valence-corrected chi connectivity index (χ3v) is 9.15. The van der Waals surface area contributed by atoms with E-state index >= 15 is 0 Å². The van der Waals surface area contributed by atoms with Gasteiger partial charge in [-0.2, -0.15) is 4.57 Å². The third-order valence-electron chi connectivity index (χ3n) is 5.32. The zero-order valence-corrected chi connectivity index (χ0v) is 22.1. The Morgan fingerprint density at radius 3 is 2.58 bits per heavy atom. The van der Waals surface area contributed by atoms with Crippen LogP contribution in [0.3, 0.4) is 0 Å². The van der Waals surface area contributed by atoms with Crippen LogP contribution in [-0.2, 0) is 17.9 Å². The van der Waals surface area contributed by atoms with Crippen LogP contribution < -0.4 is 24.1 Å². The van der Waals surface area contributed by atoms with Crippen molar-refractivity contribution in [2.24, 2.45) is 0 Å². The maximum Gasteiger partial charge on any atom is 0.269 e. The van der Waals surface area contributed by atoms with E-state index in [-0.39, 0.29) is 11.5 Å². The zero-order valence-electron chi connectivity index (χ0n) is 18.8. The molecule has 0 N–H and O–H groups in total. The Kier molecular flexibility index (Phi) is 7.18. The summed E-state index contributed by atoms with van der Waals surface area (Å²) in [7, 11) is 1.67. The highest BCUT2D eigenvalue weighted by atomic mass is 32.2. The number of carbonyl (C=O) groups is 1. The number of allylic oxidation sites excluding steroid dienone is 1. The molecule has 1 fully saturated rings. The second-order valence-corrected chi connectivity index (χ2v) is 10.8. The van der Waals surface area contributed by atoms with Crippen molar-refractivity contribution in [1.29, 1.82) is 0 Å². The van der Waals surface area contributed by atoms with Gasteiger partial charge in [-0.3, -0.25) is 19.1 Å². The molecule has 1 aliphatic heterocycles. The molecule has 10 heteroatoms. The summed E-state index contributed by atoms with van der Waals surface area (Å²) >= 11 is 9.63. The molecular formula is C23H24N3O3S4+. The predicted octanol–water partition coefficient (Wildman–Crippen LogP) is 2.94. The molecule has 0 radical (unpaired) electrons. The predicted molar refractivity (Wildman–Crippen MR) is 142 cm³/mol. The Balaban J connectivity index is 1.78. The van der Waals surface area contributed by atoms with E-state index in [0.717, 1.165) is 27.5 Å². The van der Waals surface area contributed by atoms with Crippen LogP contribution in [-0.4, -0.2) is 33.3 Å². The minimum atomic E-state index is -0.122. The molecule has 0 saturated carbocycles. The molecule has 33 heavy (non-hydrogen) atoms. The average molecular weight is 519 g/mol. The first-order valence-electron chi connectivity index (χ1n) is 10.6. The fraction of sp³-hybridized carbons (Fsp3) is 0.304. The van der Waals surface area contributed by atoms with Gasteiger partial charge in [0.1, 0.15) is 30.9 Å². The molecule has 3 aromatic rings. The van der Waals surface area contributed by atoms with Gasteiger partial charge < -0.3 is 4.74 Å². The zero-order chi connectivity index (χ0) is 23.7. The average Bonchev–Trinajstić information content (AvgIpc) is 3.43. The van der Waals surface area contributed by atoms with Crippen LogP contribution in [0, 0.1) is 0 Å². The number of thioether (sulfide) groups is 1. The van der Waals surface area contributed by atoms with E-state index in [1.54, 1.807) is 27.9 Å². The Labute approximate surface area is 209 Å². The molecule has 0 aliphatic carbocycles. The van der Waals surface area contributed by atoms with Crippen LogP contribution in [0.2, 0.25) is 0 Å². The standard InChI is InChI=1S/C23H24N3O3S4/c1-5-24-15-12-11-14(29-4)13-17(15)31-18(24)10-8-9-16-20(27)25(6-2)22(32-16)19-21(28)26(7-3)23(30)33-19/h8-13H,5-7H2,1-4H3/q+1/b10-8+,16-9-,22-19-. The smallest absolute Gasteiger partial charge is 0.269 e. The lowest BCUT2D eigenvalue weighted by Crippen LogP contribution is -2.33. The quantitative estimate of drug-likeness (QED) is 0.371. The number of benzene rings is 1. The molecule has 1 aromatic carbocycles. The molecule has 0 unspecified atom stereocenters. The van der Waals surface area contributed by atoms with E-state index in [1.165, 1.54) is 23.1 Å².